The van der Waals surface area contributed by atoms with Crippen LogP contribution in [-0.2, 0) is 9.53 Å². The van der Waals surface area contributed by atoms with Crippen molar-refractivity contribution in [3.63, 3.8) is 0 Å². The second-order valence-corrected chi connectivity index (χ2v) is 2.72. The summed E-state index contributed by atoms with van der Waals surface area (Å²) < 4.78 is 4.93. The molecule has 0 aliphatic rings. The van der Waals surface area contributed by atoms with Gasteiger partial charge in [0.2, 0.25) is 5.91 Å². The van der Waals surface area contributed by atoms with Crippen LogP contribution in [0, 0.1) is 17.2 Å². The summed E-state index contributed by atoms with van der Waals surface area (Å²) in [5.41, 5.74) is 0. The first-order valence-electron chi connectivity index (χ1n) is 4.62. The molecule has 0 aromatic heterocycles. The number of carbonyl (C=O) groups is 1. The van der Waals surface area contributed by atoms with Crippen LogP contribution in [0.5, 0.6) is 0 Å². The minimum Gasteiger partial charge on any atom is -0.394 e. The highest BCUT2D eigenvalue weighted by Crippen LogP contribution is 1.99. The van der Waals surface area contributed by atoms with Crippen LogP contribution in [0.4, 0.5) is 0 Å². The molecule has 1 unspecified atom stereocenters. The minimum absolute atomic E-state index is 0.0241. The predicted molar refractivity (Wildman–Crippen MR) is 50.3 cm³/mol. The third kappa shape index (κ3) is 5.51. The molecule has 2 N–H and O–H groups in total. The molecule has 0 aliphatic carbocycles. The highest BCUT2D eigenvalue weighted by Gasteiger charge is 2.13. The summed E-state index contributed by atoms with van der Waals surface area (Å²) in [6.07, 6.45) is 0.514. The zero-order valence-corrected chi connectivity index (χ0v) is 8.32. The van der Waals surface area contributed by atoms with Crippen LogP contribution < -0.4 is 5.32 Å². The van der Waals surface area contributed by atoms with Crippen molar-refractivity contribution in [2.75, 3.05) is 26.4 Å². The van der Waals surface area contributed by atoms with Gasteiger partial charge in [0.1, 0.15) is 5.92 Å². The number of hydrogen-bond donors (Lipinski definition) is 2. The summed E-state index contributed by atoms with van der Waals surface area (Å²) in [6.45, 7) is 2.76. The molecule has 0 radical (unpaired) electrons. The van der Waals surface area contributed by atoms with Gasteiger partial charge in [-0.3, -0.25) is 4.79 Å². The minimum atomic E-state index is -0.576. The summed E-state index contributed by atoms with van der Waals surface area (Å²) in [4.78, 5) is 11.2. The third-order valence-electron chi connectivity index (χ3n) is 1.66. The van der Waals surface area contributed by atoms with Crippen molar-refractivity contribution in [2.24, 2.45) is 5.92 Å². The molecule has 0 bridgehead atoms. The van der Waals surface area contributed by atoms with E-state index in [-0.39, 0.29) is 19.1 Å². The van der Waals surface area contributed by atoms with Crippen molar-refractivity contribution >= 4 is 5.91 Å². The van der Waals surface area contributed by atoms with Crippen molar-refractivity contribution in [3.05, 3.63) is 0 Å². The number of aliphatic hydroxyl groups excluding tert-OH is 1. The van der Waals surface area contributed by atoms with Crippen LogP contribution in [0.25, 0.3) is 0 Å². The van der Waals surface area contributed by atoms with Gasteiger partial charge in [-0.2, -0.15) is 5.26 Å². The van der Waals surface area contributed by atoms with Gasteiger partial charge in [-0.15, -0.1) is 0 Å². The molecule has 0 saturated carbocycles. The van der Waals surface area contributed by atoms with Crippen molar-refractivity contribution in [3.8, 4) is 6.07 Å². The highest BCUT2D eigenvalue weighted by molar-refractivity contribution is 5.80. The molecule has 0 spiro atoms. The maximum Gasteiger partial charge on any atom is 0.237 e. The summed E-state index contributed by atoms with van der Waals surface area (Å²) in [5, 5.41) is 19.5. The van der Waals surface area contributed by atoms with E-state index < -0.39 is 5.92 Å². The van der Waals surface area contributed by atoms with Crippen molar-refractivity contribution in [1.82, 2.24) is 5.32 Å². The molecule has 0 rings (SSSR count). The van der Waals surface area contributed by atoms with E-state index in [2.05, 4.69) is 5.32 Å². The Labute approximate surface area is 83.7 Å². The fourth-order valence-electron chi connectivity index (χ4n) is 0.872. The second-order valence-electron chi connectivity index (χ2n) is 2.72. The van der Waals surface area contributed by atoms with E-state index in [1.54, 1.807) is 6.92 Å². The third-order valence-corrected chi connectivity index (χ3v) is 1.66. The van der Waals surface area contributed by atoms with E-state index in [0.29, 0.717) is 19.6 Å². The Balaban J connectivity index is 3.49. The van der Waals surface area contributed by atoms with Gasteiger partial charge in [0, 0.05) is 6.54 Å². The van der Waals surface area contributed by atoms with Gasteiger partial charge < -0.3 is 15.2 Å². The number of nitrogens with one attached hydrogen (secondary N) is 1. The second kappa shape index (κ2) is 8.48. The Kier molecular flexibility index (Phi) is 7.80. The first-order chi connectivity index (χ1) is 6.76. The number of carbonyl (C=O) groups excluding carboxylic acids is 1. The van der Waals surface area contributed by atoms with Crippen LogP contribution >= 0.6 is 0 Å². The molecule has 5 nitrogen and oxygen atoms in total. The molecule has 80 valence electrons. The van der Waals surface area contributed by atoms with Gasteiger partial charge >= 0.3 is 0 Å². The number of aliphatic hydroxyl groups is 1. The average molecular weight is 200 g/mol. The molecule has 14 heavy (non-hydrogen) atoms. The Morgan fingerprint density at radius 3 is 2.86 bits per heavy atom. The lowest BCUT2D eigenvalue weighted by molar-refractivity contribution is -0.123. The Morgan fingerprint density at radius 2 is 2.36 bits per heavy atom. The maximum absolute atomic E-state index is 11.2. The Hall–Kier alpha value is -1.12. The quantitative estimate of drug-likeness (QED) is 0.551. The average Bonchev–Trinajstić information content (AvgIpc) is 2.19. The summed E-state index contributed by atoms with van der Waals surface area (Å²) in [5.74, 6) is -0.838. The summed E-state index contributed by atoms with van der Waals surface area (Å²) in [6, 6.07) is 1.91. The zero-order chi connectivity index (χ0) is 10.8. The fraction of sp³-hybridized carbons (Fsp3) is 0.778. The number of nitrogens with zero attached hydrogens (tertiary/aromatic N) is 1. The number of amides is 1. The smallest absolute Gasteiger partial charge is 0.237 e. The van der Waals surface area contributed by atoms with Gasteiger partial charge in [-0.05, 0) is 6.42 Å². The Morgan fingerprint density at radius 1 is 1.64 bits per heavy atom. The molecule has 0 aromatic carbocycles. The van der Waals surface area contributed by atoms with E-state index in [0.717, 1.165) is 0 Å². The van der Waals surface area contributed by atoms with Crippen molar-refractivity contribution in [2.45, 2.75) is 13.3 Å². The molecule has 0 aliphatic heterocycles. The summed E-state index contributed by atoms with van der Waals surface area (Å²) >= 11 is 0. The standard InChI is InChI=1S/C9H16N2O3/c1-2-8(7-10)9(13)11-3-5-14-6-4-12/h8,12H,2-6H2,1H3,(H,11,13). The zero-order valence-electron chi connectivity index (χ0n) is 8.32. The topological polar surface area (TPSA) is 82.4 Å². The molecule has 0 saturated heterocycles. The molecular formula is C9H16N2O3. The number of nitriles is 1. The normalized spacial score (nSPS) is 11.8. The van der Waals surface area contributed by atoms with E-state index in [1.165, 1.54) is 0 Å². The molecule has 0 fully saturated rings. The number of rotatable bonds is 7. The lowest BCUT2D eigenvalue weighted by Gasteiger charge is -2.07. The maximum atomic E-state index is 11.2. The van der Waals surface area contributed by atoms with Gasteiger partial charge in [0.05, 0.1) is 25.9 Å². The highest BCUT2D eigenvalue weighted by atomic mass is 16.5. The van der Waals surface area contributed by atoms with E-state index in [4.69, 9.17) is 15.1 Å². The molecular weight excluding hydrogens is 184 g/mol. The largest absolute Gasteiger partial charge is 0.394 e. The van der Waals surface area contributed by atoms with Gasteiger partial charge in [-0.1, -0.05) is 6.92 Å². The van der Waals surface area contributed by atoms with Crippen LogP contribution in [0.2, 0.25) is 0 Å². The summed E-state index contributed by atoms with van der Waals surface area (Å²) in [7, 11) is 0. The Bertz CT molecular complexity index is 201. The molecule has 1 atom stereocenters. The van der Waals surface area contributed by atoms with E-state index in [9.17, 15) is 4.79 Å². The van der Waals surface area contributed by atoms with Gasteiger partial charge in [0.15, 0.2) is 0 Å². The first kappa shape index (κ1) is 12.9. The SMILES string of the molecule is CCC(C#N)C(=O)NCCOCCO. The van der Waals surface area contributed by atoms with Crippen LogP contribution in [-0.4, -0.2) is 37.4 Å². The predicted octanol–water partition coefficient (Wildman–Crippen LogP) is -0.339. The first-order valence-corrected chi connectivity index (χ1v) is 4.62. The van der Waals surface area contributed by atoms with Crippen molar-refractivity contribution < 1.29 is 14.6 Å². The van der Waals surface area contributed by atoms with Crippen LogP contribution in [0.15, 0.2) is 0 Å². The lowest BCUT2D eigenvalue weighted by Crippen LogP contribution is -2.32. The van der Waals surface area contributed by atoms with E-state index >= 15 is 0 Å². The van der Waals surface area contributed by atoms with Gasteiger partial charge in [-0.25, -0.2) is 0 Å². The molecule has 5 heteroatoms. The molecule has 0 aromatic rings. The van der Waals surface area contributed by atoms with Gasteiger partial charge in [0.25, 0.3) is 0 Å². The fourth-order valence-corrected chi connectivity index (χ4v) is 0.872. The van der Waals surface area contributed by atoms with E-state index in [1.807, 2.05) is 6.07 Å². The molecule has 0 heterocycles. The number of hydrogen-bond acceptors (Lipinski definition) is 4. The monoisotopic (exact) mass is 200 g/mol. The van der Waals surface area contributed by atoms with Crippen LogP contribution in [0.3, 0.4) is 0 Å². The van der Waals surface area contributed by atoms with Crippen LogP contribution in [0.1, 0.15) is 13.3 Å². The molecule has 1 amide bonds. The lowest BCUT2D eigenvalue weighted by atomic mass is 10.1. The van der Waals surface area contributed by atoms with Crippen molar-refractivity contribution in [1.29, 1.82) is 5.26 Å². The number of ether oxygens (including phenoxy) is 1.